The fourth-order valence-corrected chi connectivity index (χ4v) is 4.78. The predicted octanol–water partition coefficient (Wildman–Crippen LogP) is 7.01. The van der Waals surface area contributed by atoms with Gasteiger partial charge in [-0.05, 0) is 76.0 Å². The third-order valence-corrected chi connectivity index (χ3v) is 7.60. The van der Waals surface area contributed by atoms with E-state index in [1.165, 1.54) is 4.68 Å². The number of furan rings is 1. The molecule has 0 radical (unpaired) electrons. The molecule has 7 nitrogen and oxygen atoms in total. The third-order valence-electron chi connectivity index (χ3n) is 5.46. The molecule has 0 aliphatic heterocycles. The van der Waals surface area contributed by atoms with E-state index in [0.29, 0.717) is 67.3 Å². The van der Waals surface area contributed by atoms with E-state index < -0.39 is 0 Å². The second-order valence-electron chi connectivity index (χ2n) is 7.75. The Bertz CT molecular complexity index is 1640. The molecule has 5 rings (SSSR count). The largest absolute Gasteiger partial charge is 0.490 e. The quantitative estimate of drug-likeness (QED) is 0.185. The van der Waals surface area contributed by atoms with Crippen LogP contribution in [0.2, 0.25) is 0 Å². The molecule has 0 saturated heterocycles. The number of hydrogen-bond acceptors (Lipinski definition) is 6. The molecular weight excluding hydrogens is 590 g/mol. The Morgan fingerprint density at radius 2 is 1.75 bits per heavy atom. The molecule has 5 aromatic rings. The monoisotopic (exact) mass is 609 g/mol. The van der Waals surface area contributed by atoms with E-state index in [4.69, 9.17) is 18.9 Å². The average Bonchev–Trinajstić information content (AvgIpc) is 3.33. The van der Waals surface area contributed by atoms with E-state index in [1.54, 1.807) is 24.4 Å². The van der Waals surface area contributed by atoms with Crippen molar-refractivity contribution < 1.29 is 13.9 Å². The normalized spacial score (nSPS) is 11.6. The van der Waals surface area contributed by atoms with Gasteiger partial charge in [0.05, 0.1) is 34.8 Å². The lowest BCUT2D eigenvalue weighted by Gasteiger charge is -2.15. The van der Waals surface area contributed by atoms with Crippen LogP contribution in [0.4, 0.5) is 0 Å². The fraction of sp³-hybridized carbons (Fsp3) is 0.148. The van der Waals surface area contributed by atoms with E-state index >= 15 is 0 Å². The summed E-state index contributed by atoms with van der Waals surface area (Å²) >= 11 is 7.20. The molecule has 2 aromatic heterocycles. The minimum absolute atomic E-state index is 0.303. The Morgan fingerprint density at radius 1 is 1.00 bits per heavy atom. The second kappa shape index (κ2) is 10.3. The molecule has 0 saturated carbocycles. The van der Waals surface area contributed by atoms with Gasteiger partial charge in [0.25, 0.3) is 5.56 Å². The Hall–Kier alpha value is -3.43. The zero-order valence-electron chi connectivity index (χ0n) is 19.5. The first kappa shape index (κ1) is 24.3. The summed E-state index contributed by atoms with van der Waals surface area (Å²) in [5, 5.41) is 5.92. The van der Waals surface area contributed by atoms with Crippen LogP contribution in [0, 0.1) is 0 Å². The molecule has 0 aliphatic carbocycles. The van der Waals surface area contributed by atoms with Crippen LogP contribution in [0.1, 0.15) is 19.4 Å². The van der Waals surface area contributed by atoms with Gasteiger partial charge in [-0.2, -0.15) is 9.78 Å². The summed E-state index contributed by atoms with van der Waals surface area (Å²) in [6.07, 6.45) is 1.58. The number of fused-ring (bicyclic) bond motifs is 2. The Morgan fingerprint density at radius 3 is 2.53 bits per heavy atom. The zero-order valence-corrected chi connectivity index (χ0v) is 22.7. The maximum Gasteiger partial charge on any atom is 0.282 e. The molecule has 0 N–H and O–H groups in total. The Labute approximate surface area is 223 Å². The van der Waals surface area contributed by atoms with Crippen molar-refractivity contribution in [2.24, 2.45) is 5.10 Å². The van der Waals surface area contributed by atoms with Crippen molar-refractivity contribution in [1.82, 2.24) is 9.66 Å². The van der Waals surface area contributed by atoms with Gasteiger partial charge in [0.1, 0.15) is 5.58 Å². The van der Waals surface area contributed by atoms with Crippen molar-refractivity contribution >= 4 is 59.9 Å². The molecule has 0 atom stereocenters. The molecule has 0 aliphatic rings. The van der Waals surface area contributed by atoms with Gasteiger partial charge in [0.2, 0.25) is 5.82 Å². The molecule has 9 heteroatoms. The maximum absolute atomic E-state index is 13.5. The number of aromatic nitrogens is 2. The van der Waals surface area contributed by atoms with Crippen molar-refractivity contribution in [3.05, 3.63) is 85.5 Å². The molecule has 36 heavy (non-hydrogen) atoms. The zero-order chi connectivity index (χ0) is 25.2. The van der Waals surface area contributed by atoms with Crippen LogP contribution in [0.25, 0.3) is 33.5 Å². The number of nitrogens with zero attached hydrogens (tertiary/aromatic N) is 3. The van der Waals surface area contributed by atoms with Gasteiger partial charge in [-0.15, -0.1) is 0 Å². The first-order valence-corrected chi connectivity index (χ1v) is 12.9. The van der Waals surface area contributed by atoms with Gasteiger partial charge in [-0.25, -0.2) is 4.98 Å². The average molecular weight is 611 g/mol. The smallest absolute Gasteiger partial charge is 0.282 e. The van der Waals surface area contributed by atoms with Gasteiger partial charge in [0, 0.05) is 15.4 Å². The molecule has 0 bridgehead atoms. The molecule has 0 unspecified atom stereocenters. The van der Waals surface area contributed by atoms with Gasteiger partial charge < -0.3 is 13.9 Å². The minimum Gasteiger partial charge on any atom is -0.490 e. The van der Waals surface area contributed by atoms with E-state index in [2.05, 4.69) is 37.0 Å². The lowest BCUT2D eigenvalue weighted by molar-refractivity contribution is 0.286. The van der Waals surface area contributed by atoms with Crippen LogP contribution in [-0.2, 0) is 0 Å². The summed E-state index contributed by atoms with van der Waals surface area (Å²) in [4.78, 5) is 18.3. The fourth-order valence-electron chi connectivity index (χ4n) is 3.84. The number of halogens is 2. The SMILES string of the molecule is CCOc1cc(C=Nn2c(-c3cc4ccccc4o3)nc3ccccc3c2=O)c(Br)c(Br)c1OCC. The van der Waals surface area contributed by atoms with Gasteiger partial charge in [-0.1, -0.05) is 30.3 Å². The van der Waals surface area contributed by atoms with E-state index in [1.807, 2.05) is 56.3 Å². The van der Waals surface area contributed by atoms with Crippen LogP contribution < -0.4 is 15.0 Å². The van der Waals surface area contributed by atoms with Crippen LogP contribution in [-0.4, -0.2) is 29.1 Å². The highest BCUT2D eigenvalue weighted by Gasteiger charge is 2.19. The number of rotatable bonds is 7. The molecule has 182 valence electrons. The first-order chi connectivity index (χ1) is 17.5. The summed E-state index contributed by atoms with van der Waals surface area (Å²) in [6, 6.07) is 18.5. The van der Waals surface area contributed by atoms with Crippen LogP contribution in [0.5, 0.6) is 11.5 Å². The van der Waals surface area contributed by atoms with Crippen LogP contribution in [0.15, 0.2) is 83.9 Å². The molecule has 0 amide bonds. The summed E-state index contributed by atoms with van der Waals surface area (Å²) in [5.41, 5.74) is 1.64. The van der Waals surface area contributed by atoms with Gasteiger partial charge in [0.15, 0.2) is 17.3 Å². The maximum atomic E-state index is 13.5. The molecule has 3 aromatic carbocycles. The summed E-state index contributed by atoms with van der Waals surface area (Å²) in [6.45, 7) is 4.76. The highest BCUT2D eigenvalue weighted by Crippen LogP contribution is 2.42. The van der Waals surface area contributed by atoms with Crippen LogP contribution >= 0.6 is 31.9 Å². The van der Waals surface area contributed by atoms with Crippen LogP contribution in [0.3, 0.4) is 0 Å². The molecular formula is C27H21Br2N3O4. The predicted molar refractivity (Wildman–Crippen MR) is 148 cm³/mol. The van der Waals surface area contributed by atoms with E-state index in [0.717, 1.165) is 5.39 Å². The molecule has 0 spiro atoms. The third kappa shape index (κ3) is 4.44. The van der Waals surface area contributed by atoms with Crippen molar-refractivity contribution in [2.45, 2.75) is 13.8 Å². The topological polar surface area (TPSA) is 78.9 Å². The number of hydrogen-bond donors (Lipinski definition) is 0. The summed E-state index contributed by atoms with van der Waals surface area (Å²) in [7, 11) is 0. The van der Waals surface area contributed by atoms with E-state index in [-0.39, 0.29) is 5.56 Å². The van der Waals surface area contributed by atoms with Crippen molar-refractivity contribution in [1.29, 1.82) is 0 Å². The lowest BCUT2D eigenvalue weighted by atomic mass is 10.2. The first-order valence-electron chi connectivity index (χ1n) is 11.3. The molecule has 2 heterocycles. The van der Waals surface area contributed by atoms with Gasteiger partial charge >= 0.3 is 0 Å². The summed E-state index contributed by atoms with van der Waals surface area (Å²) < 4.78 is 20.3. The number of ether oxygens (including phenoxy) is 2. The van der Waals surface area contributed by atoms with Crippen molar-refractivity contribution in [3.63, 3.8) is 0 Å². The Kier molecular flexibility index (Phi) is 6.93. The lowest BCUT2D eigenvalue weighted by Crippen LogP contribution is -2.20. The van der Waals surface area contributed by atoms with Crippen molar-refractivity contribution in [3.8, 4) is 23.1 Å². The standard InChI is InChI=1S/C27H21Br2N3O4/c1-3-34-21-14-17(23(28)24(29)25(21)35-4-2)15-30-32-26(22-13-16-9-5-8-12-20(16)36-22)31-19-11-7-6-10-18(19)27(32)33/h5-15H,3-4H2,1-2H3. The van der Waals surface area contributed by atoms with Crippen molar-refractivity contribution in [2.75, 3.05) is 13.2 Å². The second-order valence-corrected chi connectivity index (χ2v) is 9.34. The molecule has 0 fully saturated rings. The highest BCUT2D eigenvalue weighted by molar-refractivity contribution is 9.13. The Balaban J connectivity index is 1.70. The van der Waals surface area contributed by atoms with Gasteiger partial charge in [-0.3, -0.25) is 4.79 Å². The number of para-hydroxylation sites is 2. The van der Waals surface area contributed by atoms with E-state index in [9.17, 15) is 4.79 Å². The summed E-state index contributed by atoms with van der Waals surface area (Å²) in [5.74, 6) is 1.91. The highest BCUT2D eigenvalue weighted by atomic mass is 79.9. The minimum atomic E-state index is -0.307. The number of benzene rings is 3.